The highest BCUT2D eigenvalue weighted by atomic mass is 15.0. The van der Waals surface area contributed by atoms with E-state index in [2.05, 4.69) is 218 Å². The van der Waals surface area contributed by atoms with Gasteiger partial charge in [0.15, 0.2) is 17.5 Å². The van der Waals surface area contributed by atoms with E-state index in [1.54, 1.807) is 0 Å². The molecular weight excluding hydrogens is 727 g/mol. The molecule has 0 fully saturated rings. The van der Waals surface area contributed by atoms with Crippen molar-refractivity contribution in [3.8, 4) is 78.7 Å². The van der Waals surface area contributed by atoms with Gasteiger partial charge in [-0.1, -0.05) is 194 Å². The Morgan fingerprint density at radius 2 is 0.617 bits per heavy atom. The highest BCUT2D eigenvalue weighted by Crippen LogP contribution is 2.37. The minimum atomic E-state index is 0.622. The summed E-state index contributed by atoms with van der Waals surface area (Å²) in [5.74, 6) is 1.87. The summed E-state index contributed by atoms with van der Waals surface area (Å²) in [6, 6.07) is 79.6. The van der Waals surface area contributed by atoms with E-state index >= 15 is 0 Å². The van der Waals surface area contributed by atoms with Crippen LogP contribution in [-0.4, -0.2) is 15.0 Å². The number of hydrogen-bond acceptors (Lipinski definition) is 3. The van der Waals surface area contributed by atoms with E-state index in [0.29, 0.717) is 17.5 Å². The van der Waals surface area contributed by atoms with Gasteiger partial charge in [-0.2, -0.15) is 0 Å². The lowest BCUT2D eigenvalue weighted by atomic mass is 9.94. The summed E-state index contributed by atoms with van der Waals surface area (Å²) >= 11 is 0. The van der Waals surface area contributed by atoms with Gasteiger partial charge in [-0.3, -0.25) is 0 Å². The summed E-state index contributed by atoms with van der Waals surface area (Å²) < 4.78 is 0. The fourth-order valence-electron chi connectivity index (χ4n) is 8.42. The van der Waals surface area contributed by atoms with Gasteiger partial charge in [-0.15, -0.1) is 0 Å². The molecule has 10 aromatic carbocycles. The van der Waals surface area contributed by atoms with E-state index in [9.17, 15) is 0 Å². The van der Waals surface area contributed by atoms with Crippen LogP contribution in [0.1, 0.15) is 0 Å². The van der Waals surface area contributed by atoms with Gasteiger partial charge in [0.25, 0.3) is 0 Å². The average Bonchev–Trinajstić information content (AvgIpc) is 3.33. The van der Waals surface area contributed by atoms with E-state index in [1.807, 2.05) is 6.07 Å². The van der Waals surface area contributed by atoms with E-state index in [0.717, 1.165) is 44.5 Å². The summed E-state index contributed by atoms with van der Waals surface area (Å²) in [5.41, 5.74) is 11.9. The molecule has 11 rings (SSSR count). The lowest BCUT2D eigenvalue weighted by Crippen LogP contribution is -2.01. The summed E-state index contributed by atoms with van der Waals surface area (Å²) in [6.45, 7) is 0. The monoisotopic (exact) mass is 763 g/mol. The number of rotatable bonds is 7. The molecule has 280 valence electrons. The Hall–Kier alpha value is -8.01. The third-order valence-electron chi connectivity index (χ3n) is 11.5. The van der Waals surface area contributed by atoms with Gasteiger partial charge in [0, 0.05) is 16.7 Å². The first-order valence-electron chi connectivity index (χ1n) is 20.3. The zero-order valence-corrected chi connectivity index (χ0v) is 32.7. The Morgan fingerprint density at radius 3 is 1.37 bits per heavy atom. The van der Waals surface area contributed by atoms with Gasteiger partial charge in [0.05, 0.1) is 0 Å². The fraction of sp³-hybridized carbons (Fsp3) is 0. The van der Waals surface area contributed by atoms with Crippen molar-refractivity contribution in [2.45, 2.75) is 0 Å². The average molecular weight is 764 g/mol. The lowest BCUT2D eigenvalue weighted by molar-refractivity contribution is 1.07. The first-order valence-corrected chi connectivity index (χ1v) is 20.3. The van der Waals surface area contributed by atoms with Crippen molar-refractivity contribution in [2.24, 2.45) is 0 Å². The second kappa shape index (κ2) is 15.1. The van der Waals surface area contributed by atoms with Crippen molar-refractivity contribution in [1.82, 2.24) is 15.0 Å². The molecule has 0 aliphatic rings. The lowest BCUT2D eigenvalue weighted by Gasteiger charge is -2.14. The molecule has 1 aromatic heterocycles. The van der Waals surface area contributed by atoms with Crippen LogP contribution < -0.4 is 0 Å². The number of nitrogens with zero attached hydrogens (tertiary/aromatic N) is 3. The zero-order chi connectivity index (χ0) is 39.8. The maximum Gasteiger partial charge on any atom is 0.164 e. The van der Waals surface area contributed by atoms with Crippen molar-refractivity contribution < 1.29 is 0 Å². The molecule has 1 heterocycles. The van der Waals surface area contributed by atoms with Gasteiger partial charge in [0.2, 0.25) is 0 Å². The van der Waals surface area contributed by atoms with E-state index in [1.165, 1.54) is 49.0 Å². The van der Waals surface area contributed by atoms with Crippen LogP contribution in [-0.2, 0) is 0 Å². The molecule has 0 aliphatic heterocycles. The van der Waals surface area contributed by atoms with Crippen molar-refractivity contribution in [1.29, 1.82) is 0 Å². The van der Waals surface area contributed by atoms with Crippen LogP contribution in [0, 0.1) is 0 Å². The SMILES string of the molecule is c1ccc(-c2cccc(-c3nc(-c4cccc(-c5cccc6ccccc56)c4)nc(-c4ccccc4-c4ccc5cc(-c6ccc7ccccc7c6)ccc5c4)n3)c2)cc1. The minimum absolute atomic E-state index is 0.622. The normalized spacial score (nSPS) is 11.3. The number of hydrogen-bond donors (Lipinski definition) is 0. The molecular formula is C57H37N3. The molecule has 0 unspecified atom stereocenters. The smallest absolute Gasteiger partial charge is 0.164 e. The van der Waals surface area contributed by atoms with Gasteiger partial charge in [0.1, 0.15) is 0 Å². The molecule has 0 bridgehead atoms. The topological polar surface area (TPSA) is 38.7 Å². The van der Waals surface area contributed by atoms with Crippen molar-refractivity contribution in [2.75, 3.05) is 0 Å². The van der Waals surface area contributed by atoms with Crippen molar-refractivity contribution >= 4 is 32.3 Å². The minimum Gasteiger partial charge on any atom is -0.208 e. The molecule has 60 heavy (non-hydrogen) atoms. The Labute approximate surface area is 349 Å². The van der Waals surface area contributed by atoms with Gasteiger partial charge in [-0.25, -0.2) is 15.0 Å². The molecule has 0 atom stereocenters. The van der Waals surface area contributed by atoms with Crippen LogP contribution in [0.2, 0.25) is 0 Å². The van der Waals surface area contributed by atoms with Crippen LogP contribution in [0.5, 0.6) is 0 Å². The molecule has 3 heteroatoms. The summed E-state index contributed by atoms with van der Waals surface area (Å²) in [4.78, 5) is 15.7. The van der Waals surface area contributed by atoms with Crippen LogP contribution in [0.15, 0.2) is 224 Å². The predicted molar refractivity (Wildman–Crippen MR) is 250 cm³/mol. The standard InChI is InChI=1S/C57H37N3/c1-2-13-38(14-3-1)42-19-10-21-49(36-42)55-58-56(50-22-11-20-47(37-50)52-26-12-18-40-16-6-7-23-51(40)52)60-57(59-55)54-25-9-8-24-53(54)48-32-31-45-34-44(29-30-46(45)35-48)43-28-27-39-15-4-5-17-41(39)33-43/h1-37H. The molecule has 0 N–H and O–H groups in total. The van der Waals surface area contributed by atoms with Crippen LogP contribution in [0.25, 0.3) is 111 Å². The Bertz CT molecular complexity index is 3380. The summed E-state index contributed by atoms with van der Waals surface area (Å²) in [6.07, 6.45) is 0. The molecule has 0 saturated heterocycles. The molecule has 0 radical (unpaired) electrons. The second-order valence-electron chi connectivity index (χ2n) is 15.2. The van der Waals surface area contributed by atoms with Gasteiger partial charge < -0.3 is 0 Å². The molecule has 0 spiro atoms. The predicted octanol–water partition coefficient (Wildman–Crippen LogP) is 15.0. The Kier molecular flexibility index (Phi) is 8.83. The van der Waals surface area contributed by atoms with Crippen molar-refractivity contribution in [3.63, 3.8) is 0 Å². The Morgan fingerprint density at radius 1 is 0.200 bits per heavy atom. The Balaban J connectivity index is 1.03. The zero-order valence-electron chi connectivity index (χ0n) is 32.7. The molecule has 11 aromatic rings. The highest BCUT2D eigenvalue weighted by Gasteiger charge is 2.17. The summed E-state index contributed by atoms with van der Waals surface area (Å²) in [5, 5.41) is 7.27. The molecule has 3 nitrogen and oxygen atoms in total. The largest absolute Gasteiger partial charge is 0.208 e. The number of benzene rings is 10. The van der Waals surface area contributed by atoms with E-state index in [4.69, 9.17) is 15.0 Å². The number of aromatic nitrogens is 3. The summed E-state index contributed by atoms with van der Waals surface area (Å²) in [7, 11) is 0. The second-order valence-corrected chi connectivity index (χ2v) is 15.2. The van der Waals surface area contributed by atoms with Crippen LogP contribution in [0.4, 0.5) is 0 Å². The maximum absolute atomic E-state index is 5.27. The van der Waals surface area contributed by atoms with Crippen LogP contribution in [0.3, 0.4) is 0 Å². The maximum atomic E-state index is 5.27. The third-order valence-corrected chi connectivity index (χ3v) is 11.5. The fourth-order valence-corrected chi connectivity index (χ4v) is 8.42. The quantitative estimate of drug-likeness (QED) is 0.162. The van der Waals surface area contributed by atoms with E-state index < -0.39 is 0 Å². The molecule has 0 amide bonds. The third kappa shape index (κ3) is 6.68. The van der Waals surface area contributed by atoms with E-state index in [-0.39, 0.29) is 0 Å². The van der Waals surface area contributed by atoms with Gasteiger partial charge >= 0.3 is 0 Å². The van der Waals surface area contributed by atoms with Crippen molar-refractivity contribution in [3.05, 3.63) is 224 Å². The first-order chi connectivity index (χ1) is 29.7. The van der Waals surface area contributed by atoms with Crippen LogP contribution >= 0.6 is 0 Å². The van der Waals surface area contributed by atoms with Gasteiger partial charge in [-0.05, 0) is 107 Å². The highest BCUT2D eigenvalue weighted by molar-refractivity contribution is 5.98. The molecule has 0 saturated carbocycles. The molecule has 0 aliphatic carbocycles. The first kappa shape index (κ1) is 35.2. The number of fused-ring (bicyclic) bond motifs is 3.